The first-order valence-electron chi connectivity index (χ1n) is 5.14. The van der Waals surface area contributed by atoms with Crippen LogP contribution in [0.15, 0.2) is 24.3 Å². The third kappa shape index (κ3) is 25.7. The second kappa shape index (κ2) is 13.8. The zero-order chi connectivity index (χ0) is 16.0. The van der Waals surface area contributed by atoms with Gasteiger partial charge in [0.1, 0.15) is 0 Å². The molecule has 0 atom stereocenters. The predicted octanol–water partition coefficient (Wildman–Crippen LogP) is 1.48. The Kier molecular flexibility index (Phi) is 15.9. The molecule has 0 aliphatic rings. The second-order valence-electron chi connectivity index (χ2n) is 3.11. The van der Waals surface area contributed by atoms with Crippen LogP contribution in [0, 0.1) is 0 Å². The molecule has 0 rings (SSSR count). The highest BCUT2D eigenvalue weighted by molar-refractivity contribution is 5.86. The van der Waals surface area contributed by atoms with Crippen molar-refractivity contribution in [1.82, 2.24) is 0 Å². The molecule has 7 heteroatoms. The SMILES string of the molecule is C=C(C)C(=O)O.C=C(C)C(=O)OC.CCOC(N)=O. The van der Waals surface area contributed by atoms with Crippen LogP contribution in [-0.2, 0) is 19.1 Å². The summed E-state index contributed by atoms with van der Waals surface area (Å²) in [6.45, 7) is 11.6. The number of rotatable bonds is 3. The van der Waals surface area contributed by atoms with Gasteiger partial charge in [-0.05, 0) is 20.8 Å². The van der Waals surface area contributed by atoms with E-state index >= 15 is 0 Å². The van der Waals surface area contributed by atoms with E-state index in [4.69, 9.17) is 5.11 Å². The summed E-state index contributed by atoms with van der Waals surface area (Å²) >= 11 is 0. The molecule has 0 aliphatic carbocycles. The fourth-order valence-corrected chi connectivity index (χ4v) is 0.316. The van der Waals surface area contributed by atoms with E-state index in [0.29, 0.717) is 12.2 Å². The molecule has 0 aromatic carbocycles. The van der Waals surface area contributed by atoms with Gasteiger partial charge in [-0.3, -0.25) is 0 Å². The highest BCUT2D eigenvalue weighted by Gasteiger charge is 1.95. The Bertz CT molecular complexity index is 323. The number of amides is 1. The van der Waals surface area contributed by atoms with E-state index in [1.165, 1.54) is 14.0 Å². The van der Waals surface area contributed by atoms with Gasteiger partial charge in [0.25, 0.3) is 0 Å². The maximum Gasteiger partial charge on any atom is 0.404 e. The van der Waals surface area contributed by atoms with Crippen LogP contribution >= 0.6 is 0 Å². The summed E-state index contributed by atoms with van der Waals surface area (Å²) in [6.07, 6.45) is -0.711. The molecule has 0 unspecified atom stereocenters. The summed E-state index contributed by atoms with van der Waals surface area (Å²) in [5, 5.41) is 7.89. The molecule has 0 aromatic heterocycles. The predicted molar refractivity (Wildman–Crippen MR) is 70.5 cm³/mol. The number of primary amides is 1. The number of hydrogen-bond acceptors (Lipinski definition) is 5. The lowest BCUT2D eigenvalue weighted by atomic mass is 10.4. The van der Waals surface area contributed by atoms with Crippen LogP contribution in [-0.4, -0.2) is 36.9 Å². The van der Waals surface area contributed by atoms with E-state index in [2.05, 4.69) is 28.4 Å². The molecule has 0 radical (unpaired) electrons. The zero-order valence-electron chi connectivity index (χ0n) is 11.7. The zero-order valence-corrected chi connectivity index (χ0v) is 11.7. The van der Waals surface area contributed by atoms with Gasteiger partial charge >= 0.3 is 18.0 Å². The molecule has 0 bridgehead atoms. The van der Waals surface area contributed by atoms with Crippen LogP contribution in [0.4, 0.5) is 4.79 Å². The van der Waals surface area contributed by atoms with Crippen LogP contribution in [0.5, 0.6) is 0 Å². The number of carbonyl (C=O) groups is 3. The van der Waals surface area contributed by atoms with Gasteiger partial charge in [0.2, 0.25) is 0 Å². The van der Waals surface area contributed by atoms with Gasteiger partial charge in [0.05, 0.1) is 13.7 Å². The molecule has 0 saturated heterocycles. The summed E-state index contributed by atoms with van der Waals surface area (Å²) in [5.74, 6) is -1.28. The lowest BCUT2D eigenvalue weighted by Crippen LogP contribution is -2.11. The molecule has 0 aliphatic heterocycles. The molecule has 110 valence electrons. The Balaban J connectivity index is -0.000000203. The summed E-state index contributed by atoms with van der Waals surface area (Å²) in [5.41, 5.74) is 5.15. The standard InChI is InChI=1S/C5H8O2.C4H6O2.C3H7NO2/c1-4(2)5(6)7-3;1-3(2)4(5)6;1-2-6-3(4)5/h1H2,2-3H3;1H2,2H3,(H,5,6);2H2,1H3,(H2,4,5). The lowest BCUT2D eigenvalue weighted by molar-refractivity contribution is -0.136. The third-order valence-electron chi connectivity index (χ3n) is 1.19. The van der Waals surface area contributed by atoms with Crippen LogP contribution in [0.2, 0.25) is 0 Å². The van der Waals surface area contributed by atoms with E-state index in [0.717, 1.165) is 0 Å². The molecule has 0 aromatic rings. The van der Waals surface area contributed by atoms with Crippen molar-refractivity contribution in [2.45, 2.75) is 20.8 Å². The monoisotopic (exact) mass is 275 g/mol. The minimum absolute atomic E-state index is 0.176. The molecule has 0 heterocycles. The first kappa shape index (κ1) is 21.9. The number of hydrogen-bond donors (Lipinski definition) is 2. The molecule has 19 heavy (non-hydrogen) atoms. The number of carboxylic acid groups (broad SMARTS) is 1. The molecule has 0 fully saturated rings. The van der Waals surface area contributed by atoms with Crippen molar-refractivity contribution in [2.24, 2.45) is 5.73 Å². The largest absolute Gasteiger partial charge is 0.478 e. The molecule has 1 amide bonds. The van der Waals surface area contributed by atoms with Gasteiger partial charge in [-0.1, -0.05) is 13.2 Å². The number of esters is 1. The Morgan fingerprint density at radius 2 is 1.53 bits per heavy atom. The molecule has 7 nitrogen and oxygen atoms in total. The van der Waals surface area contributed by atoms with E-state index in [9.17, 15) is 14.4 Å². The van der Waals surface area contributed by atoms with Crippen molar-refractivity contribution in [1.29, 1.82) is 0 Å². The second-order valence-corrected chi connectivity index (χ2v) is 3.11. The Morgan fingerprint density at radius 1 is 1.16 bits per heavy atom. The van der Waals surface area contributed by atoms with Crippen molar-refractivity contribution in [3.8, 4) is 0 Å². The first-order valence-corrected chi connectivity index (χ1v) is 5.14. The number of methoxy groups -OCH3 is 1. The number of ether oxygens (including phenoxy) is 2. The Labute approximate surface area is 112 Å². The van der Waals surface area contributed by atoms with Gasteiger partial charge in [0.15, 0.2) is 0 Å². The van der Waals surface area contributed by atoms with E-state index in [1.807, 2.05) is 0 Å². The van der Waals surface area contributed by atoms with Crippen LogP contribution < -0.4 is 5.73 Å². The van der Waals surface area contributed by atoms with Gasteiger partial charge in [-0.2, -0.15) is 0 Å². The summed E-state index contributed by atoms with van der Waals surface area (Å²) < 4.78 is 8.45. The average molecular weight is 275 g/mol. The minimum atomic E-state index is -0.935. The first-order chi connectivity index (χ1) is 8.59. The fraction of sp³-hybridized carbons (Fsp3) is 0.417. The third-order valence-corrected chi connectivity index (χ3v) is 1.19. The highest BCUT2D eigenvalue weighted by atomic mass is 16.5. The normalized spacial score (nSPS) is 7.58. The van der Waals surface area contributed by atoms with Crippen molar-refractivity contribution < 1.29 is 29.0 Å². The molecular weight excluding hydrogens is 254 g/mol. The number of nitrogens with two attached hydrogens (primary N) is 1. The molecule has 0 spiro atoms. The topological polar surface area (TPSA) is 116 Å². The molecule has 0 saturated carbocycles. The summed E-state index contributed by atoms with van der Waals surface area (Å²) in [7, 11) is 1.33. The maximum atomic E-state index is 10.2. The van der Waals surface area contributed by atoms with Crippen LogP contribution in [0.3, 0.4) is 0 Å². The highest BCUT2D eigenvalue weighted by Crippen LogP contribution is 1.87. The van der Waals surface area contributed by atoms with E-state index in [-0.39, 0.29) is 11.5 Å². The number of aliphatic carboxylic acids is 1. The van der Waals surface area contributed by atoms with Gasteiger partial charge < -0.3 is 20.3 Å². The summed E-state index contributed by atoms with van der Waals surface area (Å²) in [6, 6.07) is 0. The average Bonchev–Trinajstić information content (AvgIpc) is 2.29. The number of carbonyl (C=O) groups excluding carboxylic acids is 2. The van der Waals surface area contributed by atoms with E-state index in [1.54, 1.807) is 13.8 Å². The molecule has 3 N–H and O–H groups in total. The smallest absolute Gasteiger partial charge is 0.404 e. The van der Waals surface area contributed by atoms with Gasteiger partial charge in [-0.25, -0.2) is 14.4 Å². The lowest BCUT2D eigenvalue weighted by Gasteiger charge is -1.91. The summed E-state index contributed by atoms with van der Waals surface area (Å²) in [4.78, 5) is 29.4. The van der Waals surface area contributed by atoms with Gasteiger partial charge in [0, 0.05) is 11.1 Å². The minimum Gasteiger partial charge on any atom is -0.478 e. The van der Waals surface area contributed by atoms with Crippen molar-refractivity contribution in [3.63, 3.8) is 0 Å². The maximum absolute atomic E-state index is 10.2. The Morgan fingerprint density at radius 3 is 1.53 bits per heavy atom. The fourth-order valence-electron chi connectivity index (χ4n) is 0.316. The van der Waals surface area contributed by atoms with Crippen molar-refractivity contribution in [2.75, 3.05) is 13.7 Å². The van der Waals surface area contributed by atoms with Crippen molar-refractivity contribution >= 4 is 18.0 Å². The Hall–Kier alpha value is -2.31. The van der Waals surface area contributed by atoms with E-state index < -0.39 is 12.1 Å². The van der Waals surface area contributed by atoms with Crippen LogP contribution in [0.1, 0.15) is 20.8 Å². The number of carboxylic acids is 1. The van der Waals surface area contributed by atoms with Crippen LogP contribution in [0.25, 0.3) is 0 Å². The van der Waals surface area contributed by atoms with Crippen molar-refractivity contribution in [3.05, 3.63) is 24.3 Å². The molecular formula is C12H21NO6. The van der Waals surface area contributed by atoms with Gasteiger partial charge in [-0.15, -0.1) is 0 Å². The quantitative estimate of drug-likeness (QED) is 0.595.